The van der Waals surface area contributed by atoms with Gasteiger partial charge < -0.3 is 13.8 Å². The van der Waals surface area contributed by atoms with Crippen molar-refractivity contribution in [2.24, 2.45) is 0 Å². The Hall–Kier alpha value is -1.29. The molecule has 0 radical (unpaired) electrons. The summed E-state index contributed by atoms with van der Waals surface area (Å²) in [5, 5.41) is 0. The number of carbonyl (C=O) groups is 1. The molecule has 1 unspecified atom stereocenters. The Morgan fingerprint density at radius 1 is 1.32 bits per heavy atom. The minimum absolute atomic E-state index is 0.293. The number of esters is 1. The van der Waals surface area contributed by atoms with E-state index >= 15 is 0 Å². The largest absolute Gasteiger partial charge is 0.455 e. The molecule has 2 rings (SSSR count). The first kappa shape index (κ1) is 14.1. The molecule has 1 fully saturated rings. The third-order valence-electron chi connectivity index (χ3n) is 2.33. The van der Waals surface area contributed by atoms with Crippen molar-refractivity contribution in [2.75, 3.05) is 12.4 Å². The molecule has 0 saturated carbocycles. The second-order valence-corrected chi connectivity index (χ2v) is 5.61. The summed E-state index contributed by atoms with van der Waals surface area (Å²) in [4.78, 5) is 11.5. The standard InChI is InChI=1S/C10H9F3O5S/c11-5-1-7(12)9(8(13)2-5)10(14)18-6-3-17-19(15,16)4-6/h1-2,6,15-16H,3-4H2. The molecule has 1 atom stereocenters. The summed E-state index contributed by atoms with van der Waals surface area (Å²) in [6.45, 7) is -0.293. The van der Waals surface area contributed by atoms with Gasteiger partial charge in [0.15, 0.2) is 0 Å². The van der Waals surface area contributed by atoms with Crippen LogP contribution < -0.4 is 0 Å². The van der Waals surface area contributed by atoms with E-state index in [0.29, 0.717) is 12.1 Å². The van der Waals surface area contributed by atoms with Gasteiger partial charge in [-0.05, 0) is 0 Å². The van der Waals surface area contributed by atoms with Crippen LogP contribution in [-0.4, -0.2) is 33.5 Å². The maximum Gasteiger partial charge on any atom is 0.344 e. The van der Waals surface area contributed by atoms with Crippen molar-refractivity contribution in [3.8, 4) is 0 Å². The summed E-state index contributed by atoms with van der Waals surface area (Å²) >= 11 is 0. The molecule has 1 aromatic rings. The summed E-state index contributed by atoms with van der Waals surface area (Å²) in [6.07, 6.45) is -1.03. The molecule has 1 aromatic carbocycles. The lowest BCUT2D eigenvalue weighted by molar-refractivity contribution is 0.0290. The molecule has 1 aliphatic rings. The van der Waals surface area contributed by atoms with Gasteiger partial charge in [-0.25, -0.2) is 18.0 Å². The van der Waals surface area contributed by atoms with Crippen LogP contribution in [-0.2, 0) is 8.92 Å². The molecule has 1 saturated heterocycles. The Morgan fingerprint density at radius 2 is 1.89 bits per heavy atom. The molecule has 106 valence electrons. The number of carbonyl (C=O) groups excluding carboxylic acids is 1. The first-order valence-corrected chi connectivity index (χ1v) is 6.68. The molecule has 9 heteroatoms. The minimum Gasteiger partial charge on any atom is -0.455 e. The molecule has 5 nitrogen and oxygen atoms in total. The minimum atomic E-state index is -3.27. The molecule has 19 heavy (non-hydrogen) atoms. The summed E-state index contributed by atoms with van der Waals surface area (Å²) in [5.41, 5.74) is -1.04. The van der Waals surface area contributed by atoms with Crippen LogP contribution in [0.5, 0.6) is 0 Å². The van der Waals surface area contributed by atoms with Crippen molar-refractivity contribution >= 4 is 16.8 Å². The van der Waals surface area contributed by atoms with E-state index in [2.05, 4.69) is 8.92 Å². The molecule has 0 amide bonds. The quantitative estimate of drug-likeness (QED) is 0.820. The van der Waals surface area contributed by atoms with Gasteiger partial charge in [0, 0.05) is 12.1 Å². The SMILES string of the molecule is O=C(OC1COS(O)(O)C1)c1c(F)cc(F)cc1F. The zero-order valence-corrected chi connectivity index (χ0v) is 10.1. The van der Waals surface area contributed by atoms with Gasteiger partial charge in [-0.1, -0.05) is 0 Å². The predicted molar refractivity (Wildman–Crippen MR) is 59.2 cm³/mol. The predicted octanol–water partition coefficient (Wildman–Crippen LogP) is 2.33. The number of hydrogen-bond acceptors (Lipinski definition) is 5. The van der Waals surface area contributed by atoms with Gasteiger partial charge in [-0.3, -0.25) is 4.18 Å². The fraction of sp³-hybridized carbons (Fsp3) is 0.300. The first-order chi connectivity index (χ1) is 8.78. The average Bonchev–Trinajstić information content (AvgIpc) is 2.56. The lowest BCUT2D eigenvalue weighted by atomic mass is 10.2. The summed E-state index contributed by atoms with van der Waals surface area (Å²) in [7, 11) is -3.27. The molecule has 0 spiro atoms. The smallest absolute Gasteiger partial charge is 0.344 e. The zero-order valence-electron chi connectivity index (χ0n) is 9.31. The molecular formula is C10H9F3O5S. The topological polar surface area (TPSA) is 76.0 Å². The maximum atomic E-state index is 13.3. The lowest BCUT2D eigenvalue weighted by Crippen LogP contribution is -2.23. The zero-order chi connectivity index (χ0) is 14.2. The van der Waals surface area contributed by atoms with E-state index in [1.807, 2.05) is 0 Å². The highest BCUT2D eigenvalue weighted by atomic mass is 32.3. The normalized spacial score (nSPS) is 23.1. The Kier molecular flexibility index (Phi) is 3.72. The van der Waals surface area contributed by atoms with E-state index in [0.717, 1.165) is 0 Å². The molecule has 0 aromatic heterocycles. The average molecular weight is 298 g/mol. The van der Waals surface area contributed by atoms with Gasteiger partial charge in [-0.2, -0.15) is 0 Å². The number of rotatable bonds is 2. The Labute approximate surface area is 107 Å². The maximum absolute atomic E-state index is 13.3. The van der Waals surface area contributed by atoms with Gasteiger partial charge in [0.1, 0.15) is 35.7 Å². The van der Waals surface area contributed by atoms with Crippen LogP contribution in [0, 0.1) is 17.5 Å². The van der Waals surface area contributed by atoms with Crippen molar-refractivity contribution in [3.63, 3.8) is 0 Å². The second kappa shape index (κ2) is 5.00. The van der Waals surface area contributed by atoms with E-state index in [9.17, 15) is 18.0 Å². The van der Waals surface area contributed by atoms with Gasteiger partial charge in [0.25, 0.3) is 0 Å². The van der Waals surface area contributed by atoms with Crippen LogP contribution in [0.15, 0.2) is 12.1 Å². The molecular weight excluding hydrogens is 289 g/mol. The van der Waals surface area contributed by atoms with Crippen molar-refractivity contribution in [1.82, 2.24) is 0 Å². The third kappa shape index (κ3) is 3.18. The van der Waals surface area contributed by atoms with Crippen LogP contribution in [0.25, 0.3) is 0 Å². The molecule has 1 aliphatic heterocycles. The second-order valence-electron chi connectivity index (χ2n) is 3.83. The number of halogens is 3. The summed E-state index contributed by atoms with van der Waals surface area (Å²) < 4.78 is 66.7. The van der Waals surface area contributed by atoms with E-state index in [1.54, 1.807) is 0 Å². The van der Waals surface area contributed by atoms with Gasteiger partial charge in [0.2, 0.25) is 0 Å². The fourth-order valence-electron chi connectivity index (χ4n) is 1.54. The number of hydrogen-bond donors (Lipinski definition) is 2. The fourth-order valence-corrected chi connectivity index (χ4v) is 2.65. The molecule has 0 aliphatic carbocycles. The van der Waals surface area contributed by atoms with E-state index < -0.39 is 46.0 Å². The van der Waals surface area contributed by atoms with E-state index in [1.165, 1.54) is 0 Å². The van der Waals surface area contributed by atoms with Crippen LogP contribution in [0.1, 0.15) is 10.4 Å². The van der Waals surface area contributed by atoms with E-state index in [4.69, 9.17) is 9.11 Å². The van der Waals surface area contributed by atoms with Crippen molar-refractivity contribution in [2.45, 2.75) is 6.10 Å². The Balaban J connectivity index is 2.13. The lowest BCUT2D eigenvalue weighted by Gasteiger charge is -2.17. The number of ether oxygens (including phenoxy) is 1. The Morgan fingerprint density at radius 3 is 2.37 bits per heavy atom. The number of benzene rings is 1. The van der Waals surface area contributed by atoms with Gasteiger partial charge >= 0.3 is 5.97 Å². The monoisotopic (exact) mass is 298 g/mol. The van der Waals surface area contributed by atoms with Crippen LogP contribution in [0.3, 0.4) is 0 Å². The van der Waals surface area contributed by atoms with Gasteiger partial charge in [0.05, 0.1) is 16.6 Å². The van der Waals surface area contributed by atoms with E-state index in [-0.39, 0.29) is 12.4 Å². The highest BCUT2D eigenvalue weighted by Gasteiger charge is 2.36. The third-order valence-corrected chi connectivity index (χ3v) is 3.65. The molecule has 0 bridgehead atoms. The van der Waals surface area contributed by atoms with Crippen molar-refractivity contribution in [3.05, 3.63) is 35.1 Å². The first-order valence-electron chi connectivity index (χ1n) is 5.04. The highest BCUT2D eigenvalue weighted by Crippen LogP contribution is 2.46. The highest BCUT2D eigenvalue weighted by molar-refractivity contribution is 8.20. The van der Waals surface area contributed by atoms with Crippen molar-refractivity contribution < 1.29 is 36.0 Å². The summed E-state index contributed by atoms with van der Waals surface area (Å²) in [6, 6.07) is 0.691. The van der Waals surface area contributed by atoms with Crippen LogP contribution in [0.2, 0.25) is 0 Å². The van der Waals surface area contributed by atoms with Crippen LogP contribution in [0.4, 0.5) is 13.2 Å². The van der Waals surface area contributed by atoms with Crippen LogP contribution >= 0.6 is 10.9 Å². The summed E-state index contributed by atoms with van der Waals surface area (Å²) in [5.74, 6) is -5.69. The molecule has 1 heterocycles. The van der Waals surface area contributed by atoms with Gasteiger partial charge in [-0.15, -0.1) is 0 Å². The Bertz CT molecular complexity index is 499. The molecule has 2 N–H and O–H groups in total. The van der Waals surface area contributed by atoms with Crippen molar-refractivity contribution in [1.29, 1.82) is 0 Å².